The van der Waals surface area contributed by atoms with Crippen molar-refractivity contribution in [2.45, 2.75) is 6.54 Å². The number of rotatable bonds is 3. The standard InChI is InChI=1S/C9H8BrN3O2/c10-7-5-12-13-8(7)9(14)11-4-6-2-1-3-15-6/h1-3,5H,4H2,(H,11,14)(H,12,13). The summed E-state index contributed by atoms with van der Waals surface area (Å²) in [6.45, 7) is 0.358. The molecule has 0 radical (unpaired) electrons. The molecule has 78 valence electrons. The third-order valence-electron chi connectivity index (χ3n) is 1.82. The van der Waals surface area contributed by atoms with Gasteiger partial charge in [-0.15, -0.1) is 0 Å². The Labute approximate surface area is 94.0 Å². The number of nitrogens with zero attached hydrogens (tertiary/aromatic N) is 1. The van der Waals surface area contributed by atoms with Gasteiger partial charge in [-0.3, -0.25) is 9.89 Å². The van der Waals surface area contributed by atoms with Gasteiger partial charge in [-0.05, 0) is 28.1 Å². The van der Waals surface area contributed by atoms with Crippen LogP contribution in [0.3, 0.4) is 0 Å². The van der Waals surface area contributed by atoms with Gasteiger partial charge >= 0.3 is 0 Å². The number of amides is 1. The van der Waals surface area contributed by atoms with Gasteiger partial charge in [0, 0.05) is 0 Å². The van der Waals surface area contributed by atoms with Crippen LogP contribution in [0.5, 0.6) is 0 Å². The van der Waals surface area contributed by atoms with Gasteiger partial charge in [-0.1, -0.05) is 0 Å². The largest absolute Gasteiger partial charge is 0.467 e. The number of aromatic nitrogens is 2. The maximum atomic E-state index is 11.6. The molecule has 0 fully saturated rings. The van der Waals surface area contributed by atoms with Crippen LogP contribution in [0.25, 0.3) is 0 Å². The molecule has 0 atom stereocenters. The van der Waals surface area contributed by atoms with Crippen molar-refractivity contribution in [3.8, 4) is 0 Å². The number of carbonyl (C=O) groups is 1. The number of carbonyl (C=O) groups excluding carboxylic acids is 1. The van der Waals surface area contributed by atoms with Gasteiger partial charge in [0.2, 0.25) is 0 Å². The van der Waals surface area contributed by atoms with Gasteiger partial charge in [0.05, 0.1) is 23.5 Å². The number of furan rings is 1. The molecule has 2 heterocycles. The van der Waals surface area contributed by atoms with Gasteiger partial charge in [0.15, 0.2) is 0 Å². The summed E-state index contributed by atoms with van der Waals surface area (Å²) < 4.78 is 5.72. The van der Waals surface area contributed by atoms with Crippen LogP contribution in [0.2, 0.25) is 0 Å². The van der Waals surface area contributed by atoms with Crippen LogP contribution in [-0.4, -0.2) is 16.1 Å². The summed E-state index contributed by atoms with van der Waals surface area (Å²) in [7, 11) is 0. The van der Waals surface area contributed by atoms with E-state index in [1.165, 1.54) is 6.20 Å². The maximum absolute atomic E-state index is 11.6. The fourth-order valence-electron chi connectivity index (χ4n) is 1.10. The number of halogens is 1. The van der Waals surface area contributed by atoms with Gasteiger partial charge < -0.3 is 9.73 Å². The first kappa shape index (κ1) is 9.97. The third-order valence-corrected chi connectivity index (χ3v) is 2.42. The SMILES string of the molecule is O=C(NCc1ccco1)c1[nH]ncc1Br. The second kappa shape index (κ2) is 4.31. The summed E-state index contributed by atoms with van der Waals surface area (Å²) in [5.41, 5.74) is 0.404. The molecule has 5 nitrogen and oxygen atoms in total. The molecule has 0 saturated carbocycles. The number of hydrogen-bond acceptors (Lipinski definition) is 3. The molecule has 6 heteroatoms. The van der Waals surface area contributed by atoms with E-state index >= 15 is 0 Å². The van der Waals surface area contributed by atoms with E-state index in [9.17, 15) is 4.79 Å². The van der Waals surface area contributed by atoms with Crippen molar-refractivity contribution in [1.82, 2.24) is 15.5 Å². The molecule has 1 amide bonds. The summed E-state index contributed by atoms with van der Waals surface area (Å²) in [6, 6.07) is 3.57. The summed E-state index contributed by atoms with van der Waals surface area (Å²) in [4.78, 5) is 11.6. The average molecular weight is 270 g/mol. The molecule has 2 aromatic rings. The molecular weight excluding hydrogens is 262 g/mol. The molecule has 15 heavy (non-hydrogen) atoms. The summed E-state index contributed by atoms with van der Waals surface area (Å²) in [5.74, 6) is 0.481. The Morgan fingerprint density at radius 2 is 2.53 bits per heavy atom. The molecule has 0 aliphatic carbocycles. The normalized spacial score (nSPS) is 10.2. The van der Waals surface area contributed by atoms with Crippen LogP contribution >= 0.6 is 15.9 Å². The fourth-order valence-corrected chi connectivity index (χ4v) is 1.47. The zero-order valence-electron chi connectivity index (χ0n) is 7.66. The molecule has 2 N–H and O–H groups in total. The summed E-state index contributed by atoms with van der Waals surface area (Å²) in [5, 5.41) is 9.02. The highest BCUT2D eigenvalue weighted by molar-refractivity contribution is 9.10. The van der Waals surface area contributed by atoms with E-state index in [0.29, 0.717) is 22.5 Å². The smallest absolute Gasteiger partial charge is 0.270 e. The first-order valence-corrected chi connectivity index (χ1v) is 5.06. The van der Waals surface area contributed by atoms with Crippen molar-refractivity contribution < 1.29 is 9.21 Å². The molecule has 0 aliphatic heterocycles. The molecule has 0 bridgehead atoms. The lowest BCUT2D eigenvalue weighted by Crippen LogP contribution is -2.23. The third kappa shape index (κ3) is 2.27. The van der Waals surface area contributed by atoms with E-state index in [2.05, 4.69) is 31.4 Å². The second-order valence-electron chi connectivity index (χ2n) is 2.85. The van der Waals surface area contributed by atoms with E-state index in [1.807, 2.05) is 0 Å². The fraction of sp³-hybridized carbons (Fsp3) is 0.111. The zero-order valence-corrected chi connectivity index (χ0v) is 9.24. The molecule has 0 aliphatic rings. The van der Waals surface area contributed by atoms with Crippen LogP contribution in [0, 0.1) is 0 Å². The lowest BCUT2D eigenvalue weighted by atomic mass is 10.4. The van der Waals surface area contributed by atoms with Gasteiger partial charge in [0.1, 0.15) is 11.5 Å². The van der Waals surface area contributed by atoms with Crippen LogP contribution in [0.1, 0.15) is 16.2 Å². The molecule has 2 aromatic heterocycles. The van der Waals surface area contributed by atoms with Crippen LogP contribution < -0.4 is 5.32 Å². The average Bonchev–Trinajstić information content (AvgIpc) is 2.84. The van der Waals surface area contributed by atoms with Gasteiger partial charge in [-0.25, -0.2) is 0 Å². The first-order valence-electron chi connectivity index (χ1n) is 4.27. The Morgan fingerprint density at radius 3 is 3.13 bits per heavy atom. The minimum absolute atomic E-state index is 0.226. The van der Waals surface area contributed by atoms with Crippen molar-refractivity contribution >= 4 is 21.8 Å². The highest BCUT2D eigenvalue weighted by Gasteiger charge is 2.11. The number of hydrogen-bond donors (Lipinski definition) is 2. The molecular formula is C9H8BrN3O2. The maximum Gasteiger partial charge on any atom is 0.270 e. The Bertz CT molecular complexity index is 450. The highest BCUT2D eigenvalue weighted by atomic mass is 79.9. The lowest BCUT2D eigenvalue weighted by molar-refractivity contribution is 0.0942. The molecule has 0 spiro atoms. The van der Waals surface area contributed by atoms with Crippen LogP contribution in [-0.2, 0) is 6.54 Å². The Kier molecular flexibility index (Phi) is 2.86. The van der Waals surface area contributed by atoms with Crippen molar-refractivity contribution in [2.75, 3.05) is 0 Å². The minimum Gasteiger partial charge on any atom is -0.467 e. The quantitative estimate of drug-likeness (QED) is 0.891. The lowest BCUT2D eigenvalue weighted by Gasteiger charge is -2.00. The number of aromatic amines is 1. The van der Waals surface area contributed by atoms with E-state index in [0.717, 1.165) is 0 Å². The van der Waals surface area contributed by atoms with Crippen LogP contribution in [0.15, 0.2) is 33.5 Å². The number of nitrogens with one attached hydrogen (secondary N) is 2. The zero-order chi connectivity index (χ0) is 10.7. The van der Waals surface area contributed by atoms with Crippen molar-refractivity contribution in [1.29, 1.82) is 0 Å². The van der Waals surface area contributed by atoms with E-state index in [-0.39, 0.29) is 5.91 Å². The van der Waals surface area contributed by atoms with Gasteiger partial charge in [-0.2, -0.15) is 5.10 Å². The van der Waals surface area contributed by atoms with E-state index in [4.69, 9.17) is 4.42 Å². The molecule has 0 unspecified atom stereocenters. The van der Waals surface area contributed by atoms with E-state index in [1.54, 1.807) is 18.4 Å². The number of H-pyrrole nitrogens is 1. The predicted molar refractivity (Wildman–Crippen MR) is 56.2 cm³/mol. The van der Waals surface area contributed by atoms with Gasteiger partial charge in [0.25, 0.3) is 5.91 Å². The topological polar surface area (TPSA) is 70.9 Å². The minimum atomic E-state index is -0.226. The Morgan fingerprint density at radius 1 is 1.67 bits per heavy atom. The predicted octanol–water partition coefficient (Wildman–Crippen LogP) is 1.70. The molecule has 0 aromatic carbocycles. The first-order chi connectivity index (χ1) is 7.27. The summed E-state index contributed by atoms with van der Waals surface area (Å²) in [6.07, 6.45) is 3.09. The van der Waals surface area contributed by atoms with Crippen molar-refractivity contribution in [3.05, 3.63) is 40.5 Å². The van der Waals surface area contributed by atoms with Crippen molar-refractivity contribution in [3.63, 3.8) is 0 Å². The van der Waals surface area contributed by atoms with Crippen molar-refractivity contribution in [2.24, 2.45) is 0 Å². The molecule has 0 saturated heterocycles. The monoisotopic (exact) mass is 269 g/mol. The Balaban J connectivity index is 1.96. The molecule has 2 rings (SSSR count). The Hall–Kier alpha value is -1.56. The summed E-state index contributed by atoms with van der Waals surface area (Å²) >= 11 is 3.21. The second-order valence-corrected chi connectivity index (χ2v) is 3.71. The van der Waals surface area contributed by atoms with Crippen LogP contribution in [0.4, 0.5) is 0 Å². The highest BCUT2D eigenvalue weighted by Crippen LogP contribution is 2.12. The van der Waals surface area contributed by atoms with E-state index < -0.39 is 0 Å².